The molecule has 2 rings (SSSR count). The second kappa shape index (κ2) is 4.11. The Labute approximate surface area is 86.4 Å². The van der Waals surface area contributed by atoms with Crippen molar-refractivity contribution < 1.29 is 0 Å². The van der Waals surface area contributed by atoms with Gasteiger partial charge in [0, 0.05) is 18.6 Å². The third kappa shape index (κ3) is 2.03. The summed E-state index contributed by atoms with van der Waals surface area (Å²) in [5, 5.41) is 3.60. The summed E-state index contributed by atoms with van der Waals surface area (Å²) in [7, 11) is 0. The van der Waals surface area contributed by atoms with E-state index in [1.54, 1.807) is 18.6 Å². The van der Waals surface area contributed by atoms with Gasteiger partial charge in [0.05, 0.1) is 12.2 Å². The van der Waals surface area contributed by atoms with Crippen LogP contribution in [0, 0.1) is 0 Å². The van der Waals surface area contributed by atoms with Gasteiger partial charge in [-0.25, -0.2) is 9.97 Å². The summed E-state index contributed by atoms with van der Waals surface area (Å²) in [6.07, 6.45) is 5.14. The first-order chi connectivity index (χ1) is 6.86. The number of imidazole rings is 1. The predicted molar refractivity (Wildman–Crippen MR) is 55.2 cm³/mol. The van der Waals surface area contributed by atoms with Crippen LogP contribution >= 0.6 is 11.6 Å². The molecule has 2 aromatic rings. The lowest BCUT2D eigenvalue weighted by molar-refractivity contribution is 0.998. The van der Waals surface area contributed by atoms with Crippen LogP contribution < -0.4 is 5.32 Å². The molecule has 0 aliphatic carbocycles. The van der Waals surface area contributed by atoms with Crippen LogP contribution in [0.25, 0.3) is 0 Å². The monoisotopic (exact) mass is 208 g/mol. The molecule has 0 atom stereocenters. The molecule has 0 aromatic carbocycles. The third-order valence-electron chi connectivity index (χ3n) is 1.76. The van der Waals surface area contributed by atoms with Gasteiger partial charge >= 0.3 is 0 Å². The summed E-state index contributed by atoms with van der Waals surface area (Å²) < 4.78 is 0. The Bertz CT molecular complexity index is 399. The number of hydrogen-bond donors (Lipinski definition) is 2. The van der Waals surface area contributed by atoms with E-state index in [-0.39, 0.29) is 0 Å². The molecule has 2 aromatic heterocycles. The highest BCUT2D eigenvalue weighted by atomic mass is 35.5. The fourth-order valence-corrected chi connectivity index (χ4v) is 1.28. The van der Waals surface area contributed by atoms with Gasteiger partial charge in [-0.2, -0.15) is 0 Å². The Hall–Kier alpha value is -1.55. The first kappa shape index (κ1) is 9.02. The molecule has 0 spiro atoms. The predicted octanol–water partition coefficient (Wildman–Crippen LogP) is 2.07. The lowest BCUT2D eigenvalue weighted by Crippen LogP contribution is -2.01. The Morgan fingerprint density at radius 1 is 1.36 bits per heavy atom. The fraction of sp³-hybridized carbons (Fsp3) is 0.111. The molecule has 0 radical (unpaired) electrons. The quantitative estimate of drug-likeness (QED) is 0.760. The lowest BCUT2D eigenvalue weighted by Gasteiger charge is -2.04. The van der Waals surface area contributed by atoms with Crippen LogP contribution in [0.2, 0.25) is 5.15 Å². The first-order valence-corrected chi connectivity index (χ1v) is 4.57. The van der Waals surface area contributed by atoms with Crippen LogP contribution in [0.15, 0.2) is 30.7 Å². The number of hydrogen-bond acceptors (Lipinski definition) is 3. The van der Waals surface area contributed by atoms with Crippen molar-refractivity contribution in [2.24, 2.45) is 0 Å². The summed E-state index contributed by atoms with van der Waals surface area (Å²) in [5.41, 5.74) is 0.811. The summed E-state index contributed by atoms with van der Waals surface area (Å²) >= 11 is 5.86. The minimum absolute atomic E-state index is 0.471. The maximum Gasteiger partial charge on any atom is 0.152 e. The summed E-state index contributed by atoms with van der Waals surface area (Å²) in [5.74, 6) is 0.866. The number of anilines is 1. The van der Waals surface area contributed by atoms with E-state index in [0.717, 1.165) is 11.5 Å². The number of halogens is 1. The highest BCUT2D eigenvalue weighted by molar-refractivity contribution is 6.31. The minimum Gasteiger partial charge on any atom is -0.375 e. The molecule has 0 saturated carbocycles. The topological polar surface area (TPSA) is 53.6 Å². The van der Waals surface area contributed by atoms with Crippen LogP contribution in [0.1, 0.15) is 5.82 Å². The zero-order chi connectivity index (χ0) is 9.80. The average molecular weight is 209 g/mol. The first-order valence-electron chi connectivity index (χ1n) is 4.19. The van der Waals surface area contributed by atoms with E-state index in [1.807, 2.05) is 12.1 Å². The summed E-state index contributed by atoms with van der Waals surface area (Å²) in [4.78, 5) is 11.0. The summed E-state index contributed by atoms with van der Waals surface area (Å²) in [6, 6.07) is 3.70. The SMILES string of the molecule is Clc1ncccc1NCc1ncc[nH]1. The number of H-pyrrole nitrogens is 1. The number of nitrogens with zero attached hydrogens (tertiary/aromatic N) is 2. The Morgan fingerprint density at radius 2 is 2.29 bits per heavy atom. The highest BCUT2D eigenvalue weighted by Gasteiger charge is 1.99. The van der Waals surface area contributed by atoms with E-state index >= 15 is 0 Å². The molecule has 2 heterocycles. The van der Waals surface area contributed by atoms with Crippen molar-refractivity contribution in [1.29, 1.82) is 0 Å². The molecule has 0 amide bonds. The molecular formula is C9H9ClN4. The largest absolute Gasteiger partial charge is 0.375 e. The zero-order valence-electron chi connectivity index (χ0n) is 7.37. The fourth-order valence-electron chi connectivity index (χ4n) is 1.09. The molecule has 0 aliphatic heterocycles. The van der Waals surface area contributed by atoms with Crippen molar-refractivity contribution in [3.8, 4) is 0 Å². The molecule has 14 heavy (non-hydrogen) atoms. The van der Waals surface area contributed by atoms with Gasteiger partial charge < -0.3 is 10.3 Å². The number of rotatable bonds is 3. The minimum atomic E-state index is 0.471. The summed E-state index contributed by atoms with van der Waals surface area (Å²) in [6.45, 7) is 0.610. The Balaban J connectivity index is 2.02. The van der Waals surface area contributed by atoms with E-state index in [1.165, 1.54) is 0 Å². The van der Waals surface area contributed by atoms with E-state index in [2.05, 4.69) is 20.3 Å². The number of aromatic nitrogens is 3. The molecule has 5 heteroatoms. The van der Waals surface area contributed by atoms with E-state index in [4.69, 9.17) is 11.6 Å². The normalized spacial score (nSPS) is 10.1. The maximum absolute atomic E-state index is 5.86. The van der Waals surface area contributed by atoms with Gasteiger partial charge in [-0.1, -0.05) is 11.6 Å². The number of nitrogens with one attached hydrogen (secondary N) is 2. The van der Waals surface area contributed by atoms with Gasteiger partial charge in [0.25, 0.3) is 0 Å². The van der Waals surface area contributed by atoms with Crippen LogP contribution in [0.3, 0.4) is 0 Å². The van der Waals surface area contributed by atoms with Crippen molar-refractivity contribution in [3.63, 3.8) is 0 Å². The van der Waals surface area contributed by atoms with E-state index < -0.39 is 0 Å². The van der Waals surface area contributed by atoms with Gasteiger partial charge in [0.1, 0.15) is 5.82 Å². The van der Waals surface area contributed by atoms with Crippen molar-refractivity contribution >= 4 is 17.3 Å². The van der Waals surface area contributed by atoms with Gasteiger partial charge in [0.15, 0.2) is 5.15 Å². The molecular weight excluding hydrogens is 200 g/mol. The highest BCUT2D eigenvalue weighted by Crippen LogP contribution is 2.17. The zero-order valence-corrected chi connectivity index (χ0v) is 8.12. The second-order valence-electron chi connectivity index (χ2n) is 2.73. The molecule has 0 saturated heterocycles. The molecule has 0 bridgehead atoms. The smallest absolute Gasteiger partial charge is 0.152 e. The Kier molecular flexibility index (Phi) is 2.65. The van der Waals surface area contributed by atoms with Crippen LogP contribution in [-0.4, -0.2) is 15.0 Å². The van der Waals surface area contributed by atoms with Crippen LogP contribution in [0.4, 0.5) is 5.69 Å². The Morgan fingerprint density at radius 3 is 3.00 bits per heavy atom. The molecule has 0 fully saturated rings. The van der Waals surface area contributed by atoms with Crippen LogP contribution in [-0.2, 0) is 6.54 Å². The standard InChI is InChI=1S/C9H9ClN4/c10-9-7(2-1-3-13-9)14-6-8-11-4-5-12-8/h1-5,14H,6H2,(H,11,12). The number of pyridine rings is 1. The van der Waals surface area contributed by atoms with E-state index in [0.29, 0.717) is 11.7 Å². The average Bonchev–Trinajstić information content (AvgIpc) is 2.69. The van der Waals surface area contributed by atoms with E-state index in [9.17, 15) is 0 Å². The molecule has 0 aliphatic rings. The van der Waals surface area contributed by atoms with Gasteiger partial charge in [-0.15, -0.1) is 0 Å². The second-order valence-corrected chi connectivity index (χ2v) is 3.09. The molecule has 72 valence electrons. The van der Waals surface area contributed by atoms with Gasteiger partial charge in [0.2, 0.25) is 0 Å². The van der Waals surface area contributed by atoms with Crippen molar-refractivity contribution in [2.45, 2.75) is 6.54 Å². The third-order valence-corrected chi connectivity index (χ3v) is 2.06. The molecule has 0 unspecified atom stereocenters. The van der Waals surface area contributed by atoms with Crippen LogP contribution in [0.5, 0.6) is 0 Å². The molecule has 2 N–H and O–H groups in total. The maximum atomic E-state index is 5.86. The van der Waals surface area contributed by atoms with Gasteiger partial charge in [-0.05, 0) is 12.1 Å². The van der Waals surface area contributed by atoms with Crippen molar-refractivity contribution in [1.82, 2.24) is 15.0 Å². The molecule has 4 nitrogen and oxygen atoms in total. The van der Waals surface area contributed by atoms with Crippen molar-refractivity contribution in [2.75, 3.05) is 5.32 Å². The number of aromatic amines is 1. The van der Waals surface area contributed by atoms with Gasteiger partial charge in [-0.3, -0.25) is 0 Å². The van der Waals surface area contributed by atoms with Crippen molar-refractivity contribution in [3.05, 3.63) is 41.7 Å². The lowest BCUT2D eigenvalue weighted by atomic mass is 10.4.